The smallest absolute Gasteiger partial charge is 0.236 e. The molecule has 1 aromatic carbocycles. The summed E-state index contributed by atoms with van der Waals surface area (Å²) in [5.41, 5.74) is 2.65. The summed E-state index contributed by atoms with van der Waals surface area (Å²) in [6.07, 6.45) is 2.22. The topological polar surface area (TPSA) is 62.3 Å². The van der Waals surface area contributed by atoms with Crippen LogP contribution < -0.4 is 9.64 Å². The largest absolute Gasteiger partial charge is 0.484 e. The van der Waals surface area contributed by atoms with Crippen LogP contribution in [0.2, 0.25) is 0 Å². The van der Waals surface area contributed by atoms with Crippen LogP contribution in [0.1, 0.15) is 42.5 Å². The molecule has 1 aromatic heterocycles. The first kappa shape index (κ1) is 16.4. The van der Waals surface area contributed by atoms with Crippen LogP contribution >= 0.6 is 0 Å². The monoisotopic (exact) mass is 325 g/mol. The number of nitrogens with zero attached hydrogens (tertiary/aromatic N) is 3. The molecular weight excluding hydrogens is 302 g/mol. The summed E-state index contributed by atoms with van der Waals surface area (Å²) in [6.45, 7) is 8.36. The van der Waals surface area contributed by atoms with Crippen LogP contribution in [0.5, 0.6) is 5.75 Å². The highest BCUT2D eigenvalue weighted by Gasteiger charge is 2.23. The molecule has 24 heavy (non-hydrogen) atoms. The lowest BCUT2D eigenvalue weighted by molar-refractivity contribution is 0.262. The lowest BCUT2D eigenvalue weighted by atomic mass is 9.99. The molecule has 0 atom stereocenters. The van der Waals surface area contributed by atoms with E-state index in [-0.39, 0.29) is 6.61 Å². The third-order valence-corrected chi connectivity index (χ3v) is 4.39. The van der Waals surface area contributed by atoms with Crippen LogP contribution in [-0.2, 0) is 6.61 Å². The molecule has 0 N–H and O–H groups in total. The van der Waals surface area contributed by atoms with E-state index in [2.05, 4.69) is 28.9 Å². The minimum Gasteiger partial charge on any atom is -0.484 e. The van der Waals surface area contributed by atoms with Crippen molar-refractivity contribution in [2.45, 2.75) is 40.2 Å². The van der Waals surface area contributed by atoms with Gasteiger partial charge in [0.05, 0.1) is 0 Å². The van der Waals surface area contributed by atoms with E-state index in [1.54, 1.807) is 0 Å². The number of rotatable bonds is 4. The summed E-state index contributed by atoms with van der Waals surface area (Å²) in [5, 5.41) is 9.33. The number of nitriles is 1. The summed E-state index contributed by atoms with van der Waals surface area (Å²) in [6, 6.07) is 8.20. The molecule has 0 radical (unpaired) electrons. The van der Waals surface area contributed by atoms with Crippen molar-refractivity contribution in [2.75, 3.05) is 18.0 Å². The van der Waals surface area contributed by atoms with Crippen molar-refractivity contribution in [1.29, 1.82) is 5.26 Å². The minimum atomic E-state index is 0.224. The lowest BCUT2D eigenvalue weighted by Crippen LogP contribution is -2.32. The van der Waals surface area contributed by atoms with Gasteiger partial charge in [-0.15, -0.1) is 0 Å². The highest BCUT2D eigenvalue weighted by Crippen LogP contribution is 2.27. The first-order chi connectivity index (χ1) is 11.5. The Morgan fingerprint density at radius 2 is 1.92 bits per heavy atom. The second kappa shape index (κ2) is 6.96. The minimum absolute atomic E-state index is 0.224. The van der Waals surface area contributed by atoms with Crippen LogP contribution in [-0.4, -0.2) is 18.1 Å². The van der Waals surface area contributed by atoms with Crippen LogP contribution in [0.15, 0.2) is 22.6 Å². The maximum absolute atomic E-state index is 9.33. The van der Waals surface area contributed by atoms with Crippen molar-refractivity contribution >= 4 is 5.88 Å². The first-order valence-electron chi connectivity index (χ1n) is 8.41. The Morgan fingerprint density at radius 3 is 2.54 bits per heavy atom. The normalized spacial score (nSPS) is 15.3. The molecule has 1 aliphatic rings. The van der Waals surface area contributed by atoms with E-state index in [1.165, 1.54) is 0 Å². The van der Waals surface area contributed by atoms with Crippen molar-refractivity contribution in [1.82, 2.24) is 4.98 Å². The van der Waals surface area contributed by atoms with Crippen LogP contribution in [0.25, 0.3) is 0 Å². The fourth-order valence-electron chi connectivity index (χ4n) is 3.08. The summed E-state index contributed by atoms with van der Waals surface area (Å²) in [7, 11) is 0. The Hall–Kier alpha value is -2.48. The lowest BCUT2D eigenvalue weighted by Gasteiger charge is -2.29. The van der Waals surface area contributed by atoms with Gasteiger partial charge in [-0.05, 0) is 55.9 Å². The number of ether oxygens (including phenoxy) is 1. The van der Waals surface area contributed by atoms with Crippen molar-refractivity contribution in [3.05, 3.63) is 40.9 Å². The van der Waals surface area contributed by atoms with Gasteiger partial charge in [0.25, 0.3) is 0 Å². The second-order valence-corrected chi connectivity index (χ2v) is 6.65. The van der Waals surface area contributed by atoms with E-state index in [9.17, 15) is 5.26 Å². The van der Waals surface area contributed by atoms with E-state index in [0.29, 0.717) is 17.5 Å². The van der Waals surface area contributed by atoms with Gasteiger partial charge in [0.2, 0.25) is 17.5 Å². The average molecular weight is 325 g/mol. The van der Waals surface area contributed by atoms with Gasteiger partial charge in [0.15, 0.2) is 6.61 Å². The van der Waals surface area contributed by atoms with Gasteiger partial charge in [-0.3, -0.25) is 0 Å². The van der Waals surface area contributed by atoms with Crippen molar-refractivity contribution < 1.29 is 9.15 Å². The van der Waals surface area contributed by atoms with E-state index in [4.69, 9.17) is 9.15 Å². The molecule has 1 fully saturated rings. The molecule has 1 aliphatic heterocycles. The second-order valence-electron chi connectivity index (χ2n) is 6.65. The van der Waals surface area contributed by atoms with Gasteiger partial charge in [-0.1, -0.05) is 13.0 Å². The first-order valence-corrected chi connectivity index (χ1v) is 8.41. The third-order valence-electron chi connectivity index (χ3n) is 4.39. The van der Waals surface area contributed by atoms with E-state index in [0.717, 1.165) is 48.7 Å². The number of oxazole rings is 1. The van der Waals surface area contributed by atoms with Gasteiger partial charge in [0.1, 0.15) is 11.8 Å². The molecule has 0 saturated carbocycles. The molecule has 5 heteroatoms. The van der Waals surface area contributed by atoms with E-state index < -0.39 is 0 Å². The van der Waals surface area contributed by atoms with Crippen LogP contribution in [0.4, 0.5) is 5.88 Å². The fourth-order valence-corrected chi connectivity index (χ4v) is 3.08. The SMILES string of the molecule is Cc1cc(C)cc(OCc2nc(C#N)c(N3CCC(C)CC3)o2)c1. The Kier molecular flexibility index (Phi) is 4.75. The molecule has 2 aromatic rings. The maximum Gasteiger partial charge on any atom is 0.236 e. The fraction of sp³-hybridized carbons (Fsp3) is 0.474. The zero-order valence-electron chi connectivity index (χ0n) is 14.5. The molecule has 3 rings (SSSR count). The highest BCUT2D eigenvalue weighted by atomic mass is 16.5. The Morgan fingerprint density at radius 1 is 1.25 bits per heavy atom. The number of aryl methyl sites for hydroxylation is 2. The molecule has 0 amide bonds. The van der Waals surface area contributed by atoms with Crippen LogP contribution in [0, 0.1) is 31.1 Å². The molecule has 2 heterocycles. The zero-order chi connectivity index (χ0) is 17.1. The average Bonchev–Trinajstić information content (AvgIpc) is 2.96. The Labute approximate surface area is 142 Å². The van der Waals surface area contributed by atoms with Gasteiger partial charge in [-0.2, -0.15) is 10.2 Å². The number of piperidine rings is 1. The molecule has 0 bridgehead atoms. The molecule has 1 saturated heterocycles. The number of hydrogen-bond acceptors (Lipinski definition) is 5. The summed E-state index contributed by atoms with van der Waals surface area (Å²) in [4.78, 5) is 6.41. The number of hydrogen-bond donors (Lipinski definition) is 0. The zero-order valence-corrected chi connectivity index (χ0v) is 14.5. The highest BCUT2D eigenvalue weighted by molar-refractivity contribution is 5.48. The van der Waals surface area contributed by atoms with Crippen molar-refractivity contribution in [3.63, 3.8) is 0 Å². The Balaban J connectivity index is 1.71. The van der Waals surface area contributed by atoms with E-state index >= 15 is 0 Å². The van der Waals surface area contributed by atoms with Crippen LogP contribution in [0.3, 0.4) is 0 Å². The number of benzene rings is 1. The maximum atomic E-state index is 9.33. The predicted octanol–water partition coefficient (Wildman–Crippen LogP) is 3.98. The van der Waals surface area contributed by atoms with Crippen molar-refractivity contribution in [3.8, 4) is 11.8 Å². The van der Waals surface area contributed by atoms with Gasteiger partial charge in [-0.25, -0.2) is 0 Å². The molecule has 0 aliphatic carbocycles. The molecule has 0 unspecified atom stereocenters. The summed E-state index contributed by atoms with van der Waals surface area (Å²) in [5.74, 6) is 2.54. The summed E-state index contributed by atoms with van der Waals surface area (Å²) >= 11 is 0. The number of aromatic nitrogens is 1. The quantitative estimate of drug-likeness (QED) is 0.851. The summed E-state index contributed by atoms with van der Waals surface area (Å²) < 4.78 is 11.6. The third kappa shape index (κ3) is 3.70. The van der Waals surface area contributed by atoms with Crippen molar-refractivity contribution in [2.24, 2.45) is 5.92 Å². The van der Waals surface area contributed by atoms with E-state index in [1.807, 2.05) is 26.0 Å². The molecular formula is C19H23N3O2. The molecule has 5 nitrogen and oxygen atoms in total. The number of anilines is 1. The van der Waals surface area contributed by atoms with Gasteiger partial charge < -0.3 is 14.1 Å². The predicted molar refractivity (Wildman–Crippen MR) is 92.1 cm³/mol. The van der Waals surface area contributed by atoms with Gasteiger partial charge >= 0.3 is 0 Å². The standard InChI is InChI=1S/C19H23N3O2/c1-13-4-6-22(7-5-13)19-17(11-20)21-18(24-19)12-23-16-9-14(2)8-15(3)10-16/h8-10,13H,4-7,12H2,1-3H3. The van der Waals surface area contributed by atoms with Gasteiger partial charge in [0, 0.05) is 13.1 Å². The Bertz CT molecular complexity index is 732. The molecule has 126 valence electrons. The molecule has 0 spiro atoms.